The zero-order chi connectivity index (χ0) is 8.48. The molecular weight excluding hydrogens is 170 g/mol. The molecule has 0 aromatic heterocycles. The maximum absolute atomic E-state index is 10.8. The molecule has 0 spiro atoms. The first-order valence-electron chi connectivity index (χ1n) is 2.59. The molecule has 0 fully saturated rings. The molecule has 0 saturated carbocycles. The first-order valence-corrected chi connectivity index (χ1v) is 4.10. The van der Waals surface area contributed by atoms with Gasteiger partial charge in [0.2, 0.25) is 0 Å². The number of hydrogen-bond donors (Lipinski definition) is 1. The van der Waals surface area contributed by atoms with E-state index >= 15 is 0 Å². The van der Waals surface area contributed by atoms with Gasteiger partial charge in [-0.05, 0) is 6.08 Å². The largest absolute Gasteiger partial charge is 0.350 e. The van der Waals surface area contributed by atoms with E-state index in [-0.39, 0.29) is 4.41 Å². The van der Waals surface area contributed by atoms with Gasteiger partial charge in [-0.25, -0.2) is 4.79 Å². The highest BCUT2D eigenvalue weighted by molar-refractivity contribution is 7.92. The Labute approximate surface area is 63.0 Å². The van der Waals surface area contributed by atoms with Crippen molar-refractivity contribution in [2.24, 2.45) is 10.8 Å². The molecular formula is C4H5N3O3S. The van der Waals surface area contributed by atoms with Gasteiger partial charge in [0.25, 0.3) is 10.0 Å². The Hall–Kier alpha value is -1.37. The fraction of sp³-hybridized carbons (Fsp3) is 0. The topological polar surface area (TPSA) is 92.8 Å². The van der Waals surface area contributed by atoms with Crippen molar-refractivity contribution < 1.29 is 13.2 Å². The van der Waals surface area contributed by atoms with Gasteiger partial charge in [0.1, 0.15) is 0 Å². The molecule has 0 bridgehead atoms. The number of nitrogens with zero attached hydrogens (tertiary/aromatic N) is 2. The predicted molar refractivity (Wildman–Crippen MR) is 38.0 cm³/mol. The van der Waals surface area contributed by atoms with Gasteiger partial charge in [0.15, 0.2) is 0 Å². The predicted octanol–water partition coefficient (Wildman–Crippen LogP) is -0.790. The van der Waals surface area contributed by atoms with Crippen LogP contribution in [0.1, 0.15) is 0 Å². The number of amides is 2. The van der Waals surface area contributed by atoms with E-state index in [0.29, 0.717) is 0 Å². The van der Waals surface area contributed by atoms with E-state index < -0.39 is 16.1 Å². The Morgan fingerprint density at radius 1 is 1.55 bits per heavy atom. The SMILES string of the molecule is NC(=O)N1N=CC=CS1(=O)=O. The number of urea groups is 1. The van der Waals surface area contributed by atoms with Crippen LogP contribution in [-0.4, -0.2) is 25.1 Å². The van der Waals surface area contributed by atoms with E-state index in [9.17, 15) is 13.2 Å². The summed E-state index contributed by atoms with van der Waals surface area (Å²) in [6.07, 6.45) is 2.36. The van der Waals surface area contributed by atoms with E-state index in [0.717, 1.165) is 11.6 Å². The Kier molecular flexibility index (Phi) is 1.65. The standard InChI is InChI=1S/C4H5N3O3S/c5-4(8)7-6-2-1-3-11(7,9)10/h1-3H,(H2,5,8). The molecule has 0 aromatic rings. The summed E-state index contributed by atoms with van der Waals surface area (Å²) in [5.74, 6) is 0. The first kappa shape index (κ1) is 7.73. The van der Waals surface area contributed by atoms with Gasteiger partial charge >= 0.3 is 6.03 Å². The highest BCUT2D eigenvalue weighted by Crippen LogP contribution is 2.06. The Balaban J connectivity index is 3.09. The van der Waals surface area contributed by atoms with Crippen LogP contribution in [0.5, 0.6) is 0 Å². The molecule has 1 aliphatic rings. The van der Waals surface area contributed by atoms with E-state index in [2.05, 4.69) is 5.10 Å². The second kappa shape index (κ2) is 2.35. The number of hydrazone groups is 1. The molecule has 0 radical (unpaired) electrons. The number of carbonyl (C=O) groups is 1. The van der Waals surface area contributed by atoms with Gasteiger partial charge in [-0.3, -0.25) is 0 Å². The third-order valence-electron chi connectivity index (χ3n) is 0.938. The van der Waals surface area contributed by atoms with E-state index in [1.807, 2.05) is 0 Å². The molecule has 2 amide bonds. The van der Waals surface area contributed by atoms with Crippen LogP contribution in [0.2, 0.25) is 0 Å². The summed E-state index contributed by atoms with van der Waals surface area (Å²) in [5, 5.41) is 4.08. The van der Waals surface area contributed by atoms with Crippen LogP contribution in [0.4, 0.5) is 4.79 Å². The molecule has 0 unspecified atom stereocenters. The Morgan fingerprint density at radius 2 is 2.18 bits per heavy atom. The van der Waals surface area contributed by atoms with E-state index in [1.165, 1.54) is 6.08 Å². The van der Waals surface area contributed by atoms with E-state index in [4.69, 9.17) is 5.73 Å². The minimum absolute atomic E-state index is 0.215. The lowest BCUT2D eigenvalue weighted by atomic mass is 10.7. The number of rotatable bonds is 0. The minimum Gasteiger partial charge on any atom is -0.349 e. The molecule has 0 aromatic carbocycles. The molecule has 1 heterocycles. The molecule has 1 aliphatic heterocycles. The lowest BCUT2D eigenvalue weighted by molar-refractivity contribution is 0.233. The zero-order valence-corrected chi connectivity index (χ0v) is 6.15. The summed E-state index contributed by atoms with van der Waals surface area (Å²) < 4.78 is 21.9. The number of sulfonamides is 1. The molecule has 6 nitrogen and oxygen atoms in total. The third kappa shape index (κ3) is 1.37. The molecule has 0 aliphatic carbocycles. The fourth-order valence-corrected chi connectivity index (χ4v) is 1.36. The summed E-state index contributed by atoms with van der Waals surface area (Å²) in [6, 6.07) is -1.12. The zero-order valence-electron chi connectivity index (χ0n) is 5.34. The van der Waals surface area contributed by atoms with Crippen LogP contribution in [-0.2, 0) is 10.0 Å². The van der Waals surface area contributed by atoms with Gasteiger partial charge in [-0.15, -0.1) is 0 Å². The van der Waals surface area contributed by atoms with Gasteiger partial charge in [-0.1, -0.05) is 4.41 Å². The molecule has 0 saturated heterocycles. The number of carbonyl (C=O) groups excluding carboxylic acids is 1. The second-order valence-corrected chi connectivity index (χ2v) is 3.37. The van der Waals surface area contributed by atoms with Crippen molar-refractivity contribution in [1.29, 1.82) is 0 Å². The average Bonchev–Trinajstić information content (AvgIpc) is 1.85. The van der Waals surface area contributed by atoms with Crippen LogP contribution in [0.25, 0.3) is 0 Å². The number of nitrogens with two attached hydrogens (primary N) is 1. The lowest BCUT2D eigenvalue weighted by Crippen LogP contribution is -2.36. The third-order valence-corrected chi connectivity index (χ3v) is 2.20. The number of allylic oxidation sites excluding steroid dienone is 1. The van der Waals surface area contributed by atoms with Gasteiger partial charge < -0.3 is 5.73 Å². The number of primary amides is 1. The average molecular weight is 175 g/mol. The molecule has 0 atom stereocenters. The first-order chi connectivity index (χ1) is 5.04. The van der Waals surface area contributed by atoms with Gasteiger partial charge in [-0.2, -0.15) is 13.5 Å². The number of hydrogen-bond acceptors (Lipinski definition) is 4. The van der Waals surface area contributed by atoms with Crippen molar-refractivity contribution in [2.45, 2.75) is 0 Å². The van der Waals surface area contributed by atoms with Crippen LogP contribution in [0.3, 0.4) is 0 Å². The molecule has 7 heteroatoms. The summed E-state index contributed by atoms with van der Waals surface area (Å²) >= 11 is 0. The highest BCUT2D eigenvalue weighted by Gasteiger charge is 2.23. The van der Waals surface area contributed by atoms with Crippen molar-refractivity contribution in [3.05, 3.63) is 11.5 Å². The Bertz CT molecular complexity index is 328. The summed E-state index contributed by atoms with van der Waals surface area (Å²) in [5.41, 5.74) is 4.70. The molecule has 2 N–H and O–H groups in total. The van der Waals surface area contributed by atoms with Crippen LogP contribution >= 0.6 is 0 Å². The summed E-state index contributed by atoms with van der Waals surface area (Å²) in [4.78, 5) is 10.4. The van der Waals surface area contributed by atoms with Gasteiger partial charge in [0.05, 0.1) is 5.41 Å². The summed E-state index contributed by atoms with van der Waals surface area (Å²) in [6.45, 7) is 0. The van der Waals surface area contributed by atoms with Crippen molar-refractivity contribution in [1.82, 2.24) is 4.41 Å². The smallest absolute Gasteiger partial charge is 0.349 e. The minimum atomic E-state index is -3.74. The maximum Gasteiger partial charge on any atom is 0.350 e. The quantitative estimate of drug-likeness (QED) is 0.522. The normalized spacial score (nSPS) is 20.2. The maximum atomic E-state index is 10.8. The van der Waals surface area contributed by atoms with Crippen molar-refractivity contribution >= 4 is 22.3 Å². The van der Waals surface area contributed by atoms with Gasteiger partial charge in [0, 0.05) is 6.21 Å². The molecule has 60 valence electrons. The van der Waals surface area contributed by atoms with Crippen molar-refractivity contribution in [3.63, 3.8) is 0 Å². The van der Waals surface area contributed by atoms with E-state index in [1.54, 1.807) is 0 Å². The molecule has 11 heavy (non-hydrogen) atoms. The van der Waals surface area contributed by atoms with Crippen molar-refractivity contribution in [2.75, 3.05) is 0 Å². The fourth-order valence-electron chi connectivity index (χ4n) is 0.539. The lowest BCUT2D eigenvalue weighted by Gasteiger charge is -2.12. The molecule has 1 rings (SSSR count). The van der Waals surface area contributed by atoms with Crippen LogP contribution < -0.4 is 5.73 Å². The Morgan fingerprint density at radius 3 is 2.55 bits per heavy atom. The second-order valence-electron chi connectivity index (χ2n) is 1.72. The van der Waals surface area contributed by atoms with Crippen LogP contribution in [0, 0.1) is 0 Å². The van der Waals surface area contributed by atoms with Crippen LogP contribution in [0.15, 0.2) is 16.6 Å². The summed E-state index contributed by atoms with van der Waals surface area (Å²) in [7, 11) is -3.74. The van der Waals surface area contributed by atoms with Crippen molar-refractivity contribution in [3.8, 4) is 0 Å². The highest BCUT2D eigenvalue weighted by atomic mass is 32.2. The monoisotopic (exact) mass is 175 g/mol.